The molecule has 0 spiro atoms. The predicted octanol–water partition coefficient (Wildman–Crippen LogP) is 2.19. The van der Waals surface area contributed by atoms with Crippen LogP contribution in [-0.2, 0) is 9.53 Å². The second kappa shape index (κ2) is 7.07. The van der Waals surface area contributed by atoms with Crippen LogP contribution in [0.3, 0.4) is 0 Å². The van der Waals surface area contributed by atoms with Gasteiger partial charge in [-0.05, 0) is 11.5 Å². The van der Waals surface area contributed by atoms with Crippen molar-refractivity contribution in [1.82, 2.24) is 5.32 Å². The SMILES string of the molecule is COC(=O)C(C)CNCC(C)c1ccccc1. The Balaban J connectivity index is 2.30. The maximum Gasteiger partial charge on any atom is 0.309 e. The number of hydrogen-bond donors (Lipinski definition) is 1. The molecule has 0 bridgehead atoms. The standard InChI is InChI=1S/C14H21NO2/c1-11(13-7-5-4-6-8-13)9-15-10-12(2)14(16)17-3/h4-8,11-12,15H,9-10H2,1-3H3. The fraction of sp³-hybridized carbons (Fsp3) is 0.500. The summed E-state index contributed by atoms with van der Waals surface area (Å²) < 4.78 is 4.68. The number of esters is 1. The molecule has 2 atom stereocenters. The summed E-state index contributed by atoms with van der Waals surface area (Å²) in [7, 11) is 1.42. The van der Waals surface area contributed by atoms with E-state index < -0.39 is 0 Å². The van der Waals surface area contributed by atoms with E-state index in [9.17, 15) is 4.79 Å². The van der Waals surface area contributed by atoms with Crippen LogP contribution in [0.2, 0.25) is 0 Å². The van der Waals surface area contributed by atoms with Gasteiger partial charge in [0, 0.05) is 13.1 Å². The summed E-state index contributed by atoms with van der Waals surface area (Å²) in [6, 6.07) is 10.3. The predicted molar refractivity (Wildman–Crippen MR) is 68.9 cm³/mol. The van der Waals surface area contributed by atoms with Crippen molar-refractivity contribution in [3.8, 4) is 0 Å². The molecule has 3 heteroatoms. The van der Waals surface area contributed by atoms with Crippen molar-refractivity contribution < 1.29 is 9.53 Å². The number of carbonyl (C=O) groups is 1. The van der Waals surface area contributed by atoms with Gasteiger partial charge in [-0.3, -0.25) is 4.79 Å². The van der Waals surface area contributed by atoms with Crippen LogP contribution in [0.25, 0.3) is 0 Å². The van der Waals surface area contributed by atoms with Gasteiger partial charge in [-0.2, -0.15) is 0 Å². The molecule has 0 fully saturated rings. The molecule has 0 aliphatic carbocycles. The number of ether oxygens (including phenoxy) is 1. The second-order valence-electron chi connectivity index (χ2n) is 4.39. The van der Waals surface area contributed by atoms with Crippen LogP contribution >= 0.6 is 0 Å². The highest BCUT2D eigenvalue weighted by Gasteiger charge is 2.13. The second-order valence-corrected chi connectivity index (χ2v) is 4.39. The van der Waals surface area contributed by atoms with E-state index in [1.165, 1.54) is 12.7 Å². The number of rotatable bonds is 6. The van der Waals surface area contributed by atoms with Crippen LogP contribution in [0.4, 0.5) is 0 Å². The first-order valence-electron chi connectivity index (χ1n) is 5.98. The van der Waals surface area contributed by atoms with Crippen LogP contribution in [0, 0.1) is 5.92 Å². The summed E-state index contributed by atoms with van der Waals surface area (Å²) in [5.74, 6) is 0.189. The number of methoxy groups -OCH3 is 1. The van der Waals surface area contributed by atoms with E-state index in [0.717, 1.165) is 6.54 Å². The Morgan fingerprint density at radius 3 is 2.47 bits per heavy atom. The van der Waals surface area contributed by atoms with E-state index in [0.29, 0.717) is 12.5 Å². The zero-order valence-electron chi connectivity index (χ0n) is 10.8. The third kappa shape index (κ3) is 4.57. The topological polar surface area (TPSA) is 38.3 Å². The van der Waals surface area contributed by atoms with Gasteiger partial charge in [0.25, 0.3) is 0 Å². The molecule has 0 saturated carbocycles. The van der Waals surface area contributed by atoms with E-state index in [2.05, 4.69) is 29.1 Å². The molecule has 94 valence electrons. The maximum absolute atomic E-state index is 11.2. The van der Waals surface area contributed by atoms with Crippen molar-refractivity contribution in [3.05, 3.63) is 35.9 Å². The van der Waals surface area contributed by atoms with Crippen LogP contribution in [0.5, 0.6) is 0 Å². The van der Waals surface area contributed by atoms with Gasteiger partial charge in [0.05, 0.1) is 13.0 Å². The Hall–Kier alpha value is -1.35. The molecule has 17 heavy (non-hydrogen) atoms. The minimum Gasteiger partial charge on any atom is -0.469 e. The van der Waals surface area contributed by atoms with E-state index in [-0.39, 0.29) is 11.9 Å². The first-order chi connectivity index (χ1) is 8.15. The molecule has 0 aliphatic rings. The Morgan fingerprint density at radius 1 is 1.24 bits per heavy atom. The first kappa shape index (κ1) is 13.7. The van der Waals surface area contributed by atoms with Crippen molar-refractivity contribution >= 4 is 5.97 Å². The van der Waals surface area contributed by atoms with Crippen LogP contribution in [0.1, 0.15) is 25.3 Å². The van der Waals surface area contributed by atoms with Gasteiger partial charge in [0.2, 0.25) is 0 Å². The van der Waals surface area contributed by atoms with Crippen molar-refractivity contribution in [2.45, 2.75) is 19.8 Å². The molecule has 0 heterocycles. The van der Waals surface area contributed by atoms with Gasteiger partial charge in [0.15, 0.2) is 0 Å². The highest BCUT2D eigenvalue weighted by Crippen LogP contribution is 2.13. The third-order valence-corrected chi connectivity index (χ3v) is 2.87. The number of nitrogens with one attached hydrogen (secondary N) is 1. The molecule has 3 nitrogen and oxygen atoms in total. The average molecular weight is 235 g/mol. The number of benzene rings is 1. The van der Waals surface area contributed by atoms with Crippen LogP contribution < -0.4 is 5.32 Å². The lowest BCUT2D eigenvalue weighted by Gasteiger charge is -2.15. The van der Waals surface area contributed by atoms with E-state index in [4.69, 9.17) is 0 Å². The Morgan fingerprint density at radius 2 is 1.88 bits per heavy atom. The molecule has 0 radical (unpaired) electrons. The fourth-order valence-corrected chi connectivity index (χ4v) is 1.70. The smallest absolute Gasteiger partial charge is 0.309 e. The van der Waals surface area contributed by atoms with Crippen molar-refractivity contribution in [3.63, 3.8) is 0 Å². The minimum atomic E-state index is -0.162. The Kier molecular flexibility index (Phi) is 5.70. The average Bonchev–Trinajstić information content (AvgIpc) is 2.38. The highest BCUT2D eigenvalue weighted by molar-refractivity contribution is 5.72. The quantitative estimate of drug-likeness (QED) is 0.768. The highest BCUT2D eigenvalue weighted by atomic mass is 16.5. The molecule has 2 unspecified atom stereocenters. The number of hydrogen-bond acceptors (Lipinski definition) is 3. The van der Waals surface area contributed by atoms with Crippen LogP contribution in [0.15, 0.2) is 30.3 Å². The van der Waals surface area contributed by atoms with Gasteiger partial charge in [-0.15, -0.1) is 0 Å². The summed E-state index contributed by atoms with van der Waals surface area (Å²) >= 11 is 0. The zero-order valence-corrected chi connectivity index (χ0v) is 10.8. The Labute approximate surface area is 103 Å². The third-order valence-electron chi connectivity index (χ3n) is 2.87. The summed E-state index contributed by atoms with van der Waals surface area (Å²) in [6.45, 7) is 5.56. The molecule has 0 aliphatic heterocycles. The summed E-state index contributed by atoms with van der Waals surface area (Å²) in [5, 5.41) is 3.30. The van der Waals surface area contributed by atoms with Crippen LogP contribution in [-0.4, -0.2) is 26.2 Å². The van der Waals surface area contributed by atoms with Gasteiger partial charge in [-0.1, -0.05) is 44.2 Å². The largest absolute Gasteiger partial charge is 0.469 e. The first-order valence-corrected chi connectivity index (χ1v) is 5.98. The van der Waals surface area contributed by atoms with Gasteiger partial charge < -0.3 is 10.1 Å². The normalized spacial score (nSPS) is 14.1. The van der Waals surface area contributed by atoms with Crippen molar-refractivity contribution in [2.24, 2.45) is 5.92 Å². The molecule has 1 aromatic rings. The molecular weight excluding hydrogens is 214 g/mol. The van der Waals surface area contributed by atoms with E-state index in [1.807, 2.05) is 25.1 Å². The zero-order chi connectivity index (χ0) is 12.7. The monoisotopic (exact) mass is 235 g/mol. The number of carbonyl (C=O) groups excluding carboxylic acids is 1. The van der Waals surface area contributed by atoms with Crippen molar-refractivity contribution in [1.29, 1.82) is 0 Å². The van der Waals surface area contributed by atoms with E-state index >= 15 is 0 Å². The van der Waals surface area contributed by atoms with Gasteiger partial charge in [-0.25, -0.2) is 0 Å². The summed E-state index contributed by atoms with van der Waals surface area (Å²) in [6.07, 6.45) is 0. The molecule has 1 rings (SSSR count). The molecule has 1 aromatic carbocycles. The summed E-state index contributed by atoms with van der Waals surface area (Å²) in [5.41, 5.74) is 1.31. The van der Waals surface area contributed by atoms with Gasteiger partial charge >= 0.3 is 5.97 Å². The summed E-state index contributed by atoms with van der Waals surface area (Å²) in [4.78, 5) is 11.2. The minimum absolute atomic E-state index is 0.0945. The molecular formula is C14H21NO2. The molecule has 0 aromatic heterocycles. The lowest BCUT2D eigenvalue weighted by Crippen LogP contribution is -2.29. The molecule has 0 amide bonds. The molecule has 1 N–H and O–H groups in total. The van der Waals surface area contributed by atoms with Gasteiger partial charge in [0.1, 0.15) is 0 Å². The fourth-order valence-electron chi connectivity index (χ4n) is 1.70. The van der Waals surface area contributed by atoms with E-state index in [1.54, 1.807) is 0 Å². The lowest BCUT2D eigenvalue weighted by molar-refractivity contribution is -0.144. The lowest BCUT2D eigenvalue weighted by atomic mass is 10.0. The molecule has 0 saturated heterocycles. The van der Waals surface area contributed by atoms with Crippen molar-refractivity contribution in [2.75, 3.05) is 20.2 Å². The Bertz CT molecular complexity index is 337. The maximum atomic E-state index is 11.2.